The molecule has 1 aliphatic rings. The minimum Gasteiger partial charge on any atom is -0.506 e. The van der Waals surface area contributed by atoms with Crippen LogP contribution in [-0.4, -0.2) is 50.0 Å². The number of nitrogens with one attached hydrogen (secondary N) is 2. The van der Waals surface area contributed by atoms with Gasteiger partial charge in [0, 0.05) is 29.2 Å². The summed E-state index contributed by atoms with van der Waals surface area (Å²) in [7, 11) is -3.73. The number of carbonyl (C=O) groups is 1. The molecule has 0 bridgehead atoms. The molecule has 1 fully saturated rings. The van der Waals surface area contributed by atoms with Crippen molar-refractivity contribution >= 4 is 44.8 Å². The highest BCUT2D eigenvalue weighted by Gasteiger charge is 2.27. The average Bonchev–Trinajstić information content (AvgIpc) is 2.75. The lowest BCUT2D eigenvalue weighted by atomic mass is 10.1. The second-order valence-corrected chi connectivity index (χ2v) is 9.17. The van der Waals surface area contributed by atoms with Gasteiger partial charge in [0.25, 0.3) is 5.91 Å². The fraction of sp³-hybridized carbons (Fsp3) is 0.211. The number of carbonyl (C=O) groups excluding carboxylic acids is 1. The van der Waals surface area contributed by atoms with Crippen LogP contribution in [0.15, 0.2) is 47.9 Å². The number of sulfonamides is 1. The molecule has 30 heavy (non-hydrogen) atoms. The lowest BCUT2D eigenvalue weighted by Gasteiger charge is -2.26. The highest BCUT2D eigenvalue weighted by Crippen LogP contribution is 2.33. The minimum absolute atomic E-state index is 0.00939. The number of morpholine rings is 1. The first-order valence-corrected chi connectivity index (χ1v) is 11.0. The van der Waals surface area contributed by atoms with Crippen LogP contribution in [0.5, 0.6) is 5.75 Å². The van der Waals surface area contributed by atoms with Crippen molar-refractivity contribution in [3.63, 3.8) is 0 Å². The summed E-state index contributed by atoms with van der Waals surface area (Å²) in [5.41, 5.74) is 5.44. The van der Waals surface area contributed by atoms with Crippen molar-refractivity contribution in [2.24, 2.45) is 0 Å². The lowest BCUT2D eigenvalue weighted by molar-refractivity contribution is 0.0730. The number of phenolic OH excluding ortho intramolecular Hbond substituents is 1. The van der Waals surface area contributed by atoms with Crippen LogP contribution in [0.2, 0.25) is 10.0 Å². The molecule has 0 spiro atoms. The van der Waals surface area contributed by atoms with Crippen LogP contribution in [0.4, 0.5) is 0 Å². The highest BCUT2D eigenvalue weighted by atomic mass is 35.5. The van der Waals surface area contributed by atoms with Gasteiger partial charge >= 0.3 is 0 Å². The van der Waals surface area contributed by atoms with E-state index >= 15 is 0 Å². The van der Waals surface area contributed by atoms with E-state index in [1.807, 2.05) is 0 Å². The summed E-state index contributed by atoms with van der Waals surface area (Å²) in [5.74, 6) is -0.839. The molecule has 0 saturated carbocycles. The van der Waals surface area contributed by atoms with Gasteiger partial charge in [0.2, 0.25) is 10.0 Å². The van der Waals surface area contributed by atoms with Gasteiger partial charge in [0.05, 0.1) is 28.8 Å². The Bertz CT molecular complexity index is 1090. The number of rotatable bonds is 6. The van der Waals surface area contributed by atoms with Crippen LogP contribution in [0, 0.1) is 0 Å². The third-order valence-corrected chi connectivity index (χ3v) is 6.79. The molecule has 1 aliphatic heterocycles. The monoisotopic (exact) mass is 471 g/mol. The predicted molar refractivity (Wildman–Crippen MR) is 114 cm³/mol. The highest BCUT2D eigenvalue weighted by molar-refractivity contribution is 7.89. The van der Waals surface area contributed by atoms with Crippen LogP contribution >= 0.6 is 23.2 Å². The number of nitrogens with zero attached hydrogens (tertiary/aromatic N) is 1. The largest absolute Gasteiger partial charge is 0.506 e. The molecule has 1 amide bonds. The Morgan fingerprint density at radius 3 is 2.53 bits per heavy atom. The molecule has 0 unspecified atom stereocenters. The van der Waals surface area contributed by atoms with Gasteiger partial charge in [-0.1, -0.05) is 35.8 Å². The van der Waals surface area contributed by atoms with E-state index in [9.17, 15) is 18.3 Å². The molecule has 1 heterocycles. The number of benzene rings is 2. The summed E-state index contributed by atoms with van der Waals surface area (Å²) in [6, 6.07) is 8.48. The van der Waals surface area contributed by atoms with E-state index in [2.05, 4.69) is 17.4 Å². The summed E-state index contributed by atoms with van der Waals surface area (Å²) >= 11 is 11.8. The van der Waals surface area contributed by atoms with E-state index in [1.54, 1.807) is 0 Å². The minimum atomic E-state index is -3.73. The first kappa shape index (κ1) is 22.4. The Morgan fingerprint density at radius 2 is 1.83 bits per heavy atom. The third-order valence-electron chi connectivity index (χ3n) is 4.38. The van der Waals surface area contributed by atoms with Crippen molar-refractivity contribution in [3.05, 3.63) is 64.1 Å². The van der Waals surface area contributed by atoms with E-state index in [1.165, 1.54) is 40.7 Å². The number of hydrogen-bond donors (Lipinski definition) is 3. The summed E-state index contributed by atoms with van der Waals surface area (Å²) < 4.78 is 32.0. The van der Waals surface area contributed by atoms with Gasteiger partial charge in [-0.15, -0.1) is 0 Å². The molecule has 160 valence electrons. The van der Waals surface area contributed by atoms with Gasteiger partial charge in [0.1, 0.15) is 5.75 Å². The maximum absolute atomic E-state index is 12.8. The molecular formula is C19H19Cl2N3O5S. The number of phenols is 1. The normalized spacial score (nSPS) is 14.9. The second kappa shape index (κ2) is 9.23. The van der Waals surface area contributed by atoms with E-state index in [-0.39, 0.29) is 50.6 Å². The summed E-state index contributed by atoms with van der Waals surface area (Å²) in [6.45, 7) is 4.90. The molecular weight excluding hydrogens is 453 g/mol. The number of ether oxygens (including phenoxy) is 1. The van der Waals surface area contributed by atoms with Crippen molar-refractivity contribution in [1.82, 2.24) is 15.2 Å². The Labute approximate surface area is 184 Å². The van der Waals surface area contributed by atoms with Crippen LogP contribution in [0.3, 0.4) is 0 Å². The first-order chi connectivity index (χ1) is 14.2. The summed E-state index contributed by atoms with van der Waals surface area (Å²) in [5, 5.41) is 10.4. The quantitative estimate of drug-likeness (QED) is 0.558. The predicted octanol–water partition coefficient (Wildman–Crippen LogP) is 2.63. The fourth-order valence-corrected chi connectivity index (χ4v) is 4.75. The second-order valence-electron chi connectivity index (χ2n) is 6.39. The smallest absolute Gasteiger partial charge is 0.269 e. The Kier molecular flexibility index (Phi) is 6.89. The maximum atomic E-state index is 12.8. The van der Waals surface area contributed by atoms with E-state index in [0.717, 1.165) is 0 Å². The van der Waals surface area contributed by atoms with Crippen LogP contribution < -0.4 is 10.9 Å². The number of halogens is 2. The Morgan fingerprint density at radius 1 is 1.13 bits per heavy atom. The van der Waals surface area contributed by atoms with E-state index in [4.69, 9.17) is 27.9 Å². The standard InChI is InChI=1S/C19H19Cl2N3O5S/c1-12(16-10-14(20)11-17(21)18(16)25)22-23-19(26)13-3-2-4-15(9-13)30(27,28)24-5-7-29-8-6-24/h2-4,9-11,22,25H,1,5-8H2,(H,23,26). The van der Waals surface area contributed by atoms with Crippen LogP contribution in [0.25, 0.3) is 5.70 Å². The van der Waals surface area contributed by atoms with Gasteiger partial charge in [-0.2, -0.15) is 4.31 Å². The zero-order valence-corrected chi connectivity index (χ0v) is 18.0. The van der Waals surface area contributed by atoms with Crippen molar-refractivity contribution in [2.45, 2.75) is 4.90 Å². The number of hydrazine groups is 1. The topological polar surface area (TPSA) is 108 Å². The van der Waals surface area contributed by atoms with Gasteiger partial charge in [0.15, 0.2) is 0 Å². The molecule has 2 aromatic carbocycles. The van der Waals surface area contributed by atoms with E-state index in [0.29, 0.717) is 13.2 Å². The Balaban J connectivity index is 1.72. The van der Waals surface area contributed by atoms with Gasteiger partial charge in [-0.25, -0.2) is 8.42 Å². The molecule has 3 N–H and O–H groups in total. The average molecular weight is 472 g/mol. The number of aromatic hydroxyl groups is 1. The number of hydrogen-bond acceptors (Lipinski definition) is 6. The molecule has 0 aliphatic carbocycles. The molecule has 0 atom stereocenters. The van der Waals surface area contributed by atoms with Crippen molar-refractivity contribution in [3.8, 4) is 5.75 Å². The van der Waals surface area contributed by atoms with Crippen molar-refractivity contribution in [1.29, 1.82) is 0 Å². The molecule has 0 aromatic heterocycles. The van der Waals surface area contributed by atoms with Gasteiger partial charge < -0.3 is 9.84 Å². The molecule has 3 rings (SSSR count). The Hall–Kier alpha value is -2.30. The van der Waals surface area contributed by atoms with Crippen LogP contribution in [-0.2, 0) is 14.8 Å². The van der Waals surface area contributed by atoms with Gasteiger partial charge in [-0.05, 0) is 30.3 Å². The lowest BCUT2D eigenvalue weighted by Crippen LogP contribution is -2.40. The summed E-state index contributed by atoms with van der Waals surface area (Å²) in [6.07, 6.45) is 0. The number of amides is 1. The SMILES string of the molecule is C=C(NNC(=O)c1cccc(S(=O)(=O)N2CCOCC2)c1)c1cc(Cl)cc(Cl)c1O. The zero-order chi connectivity index (χ0) is 21.9. The van der Waals surface area contributed by atoms with Crippen molar-refractivity contribution < 1.29 is 23.1 Å². The van der Waals surface area contributed by atoms with E-state index < -0.39 is 15.9 Å². The molecule has 1 saturated heterocycles. The molecule has 11 heteroatoms. The molecule has 0 radical (unpaired) electrons. The summed E-state index contributed by atoms with van der Waals surface area (Å²) in [4.78, 5) is 12.5. The molecule has 2 aromatic rings. The molecule has 8 nitrogen and oxygen atoms in total. The van der Waals surface area contributed by atoms with Crippen molar-refractivity contribution in [2.75, 3.05) is 26.3 Å². The first-order valence-electron chi connectivity index (χ1n) is 8.82. The van der Waals surface area contributed by atoms with Gasteiger partial charge in [-0.3, -0.25) is 15.6 Å². The zero-order valence-electron chi connectivity index (χ0n) is 15.7. The van der Waals surface area contributed by atoms with Crippen LogP contribution in [0.1, 0.15) is 15.9 Å². The third kappa shape index (κ3) is 4.88. The fourth-order valence-electron chi connectivity index (χ4n) is 2.80. The maximum Gasteiger partial charge on any atom is 0.269 e.